The molecule has 1 fully saturated rings. The molecule has 0 aliphatic carbocycles. The summed E-state index contributed by atoms with van der Waals surface area (Å²) >= 11 is 0. The first-order valence-electron chi connectivity index (χ1n) is 10.1. The van der Waals surface area contributed by atoms with Gasteiger partial charge in [0.25, 0.3) is 11.7 Å². The van der Waals surface area contributed by atoms with E-state index in [1.807, 2.05) is 26.0 Å². The second-order valence-corrected chi connectivity index (χ2v) is 7.36. The summed E-state index contributed by atoms with van der Waals surface area (Å²) in [4.78, 5) is 27.6. The van der Waals surface area contributed by atoms with E-state index in [2.05, 4.69) is 0 Å². The first kappa shape index (κ1) is 20.5. The second kappa shape index (κ2) is 8.14. The van der Waals surface area contributed by atoms with E-state index in [-0.39, 0.29) is 11.3 Å². The van der Waals surface area contributed by atoms with E-state index in [0.717, 1.165) is 5.56 Å². The Kier molecular flexibility index (Phi) is 5.38. The molecule has 1 atom stereocenters. The molecular formula is C25H23NO5. The van der Waals surface area contributed by atoms with Crippen molar-refractivity contribution in [1.82, 2.24) is 0 Å². The van der Waals surface area contributed by atoms with Crippen LogP contribution in [0, 0.1) is 13.8 Å². The molecule has 0 radical (unpaired) electrons. The van der Waals surface area contributed by atoms with Crippen molar-refractivity contribution >= 4 is 23.1 Å². The first-order valence-corrected chi connectivity index (χ1v) is 10.1. The fraction of sp³-hybridized carbons (Fsp3) is 0.200. The lowest BCUT2D eigenvalue weighted by Crippen LogP contribution is -2.29. The summed E-state index contributed by atoms with van der Waals surface area (Å²) in [5.74, 6) is -0.0115. The van der Waals surface area contributed by atoms with Crippen molar-refractivity contribution in [3.63, 3.8) is 0 Å². The molecule has 31 heavy (non-hydrogen) atoms. The van der Waals surface area contributed by atoms with Gasteiger partial charge in [0, 0.05) is 11.3 Å². The van der Waals surface area contributed by atoms with Crippen molar-refractivity contribution in [1.29, 1.82) is 0 Å². The molecule has 1 saturated heterocycles. The van der Waals surface area contributed by atoms with Crippen LogP contribution in [0.4, 0.5) is 5.69 Å². The van der Waals surface area contributed by atoms with E-state index < -0.39 is 17.7 Å². The van der Waals surface area contributed by atoms with E-state index in [0.29, 0.717) is 35.1 Å². The summed E-state index contributed by atoms with van der Waals surface area (Å²) in [5, 5.41) is 11.1. The van der Waals surface area contributed by atoms with Gasteiger partial charge in [0.2, 0.25) is 0 Å². The quantitative estimate of drug-likeness (QED) is 0.362. The zero-order valence-electron chi connectivity index (χ0n) is 17.6. The van der Waals surface area contributed by atoms with Crippen molar-refractivity contribution in [2.24, 2.45) is 0 Å². The molecule has 0 spiro atoms. The van der Waals surface area contributed by atoms with Crippen LogP contribution in [0.3, 0.4) is 0 Å². The second-order valence-electron chi connectivity index (χ2n) is 7.36. The Labute approximate surface area is 180 Å². The van der Waals surface area contributed by atoms with E-state index in [4.69, 9.17) is 9.15 Å². The number of Topliss-reactive ketones (excluding diaryl/α,β-unsaturated/α-hetero) is 1. The highest BCUT2D eigenvalue weighted by Gasteiger charge is 2.48. The molecular weight excluding hydrogens is 394 g/mol. The molecule has 1 aliphatic heterocycles. The minimum absolute atomic E-state index is 0.00763. The van der Waals surface area contributed by atoms with Crippen LogP contribution in [0.1, 0.15) is 35.6 Å². The number of amides is 1. The maximum absolute atomic E-state index is 13.1. The molecule has 0 saturated carbocycles. The third-order valence-corrected chi connectivity index (χ3v) is 5.29. The van der Waals surface area contributed by atoms with Gasteiger partial charge in [-0.05, 0) is 68.8 Å². The Balaban J connectivity index is 1.89. The van der Waals surface area contributed by atoms with Crippen LogP contribution in [-0.4, -0.2) is 23.4 Å². The molecule has 6 nitrogen and oxygen atoms in total. The highest BCUT2D eigenvalue weighted by atomic mass is 16.5. The number of para-hydroxylation sites is 1. The number of rotatable bonds is 5. The zero-order valence-corrected chi connectivity index (χ0v) is 17.6. The highest BCUT2D eigenvalue weighted by Crippen LogP contribution is 2.43. The fourth-order valence-electron chi connectivity index (χ4n) is 3.82. The van der Waals surface area contributed by atoms with Gasteiger partial charge in [0.05, 0.1) is 12.2 Å². The number of furan rings is 1. The third kappa shape index (κ3) is 3.61. The van der Waals surface area contributed by atoms with E-state index in [1.54, 1.807) is 55.5 Å². The number of hydrogen-bond donors (Lipinski definition) is 1. The number of aliphatic hydroxyl groups excluding tert-OH is 1. The maximum Gasteiger partial charge on any atom is 0.300 e. The number of carbonyl (C=O) groups is 2. The van der Waals surface area contributed by atoms with Gasteiger partial charge in [-0.2, -0.15) is 0 Å². The predicted octanol–water partition coefficient (Wildman–Crippen LogP) is 4.92. The number of ketones is 1. The number of nitrogens with zero attached hydrogens (tertiary/aromatic N) is 1. The third-order valence-electron chi connectivity index (χ3n) is 5.29. The number of benzene rings is 2. The van der Waals surface area contributed by atoms with Crippen LogP contribution in [0.2, 0.25) is 0 Å². The summed E-state index contributed by atoms with van der Waals surface area (Å²) in [7, 11) is 0. The molecule has 1 aliphatic rings. The summed E-state index contributed by atoms with van der Waals surface area (Å²) in [5.41, 5.74) is 1.83. The van der Waals surface area contributed by atoms with Gasteiger partial charge in [-0.15, -0.1) is 0 Å². The lowest BCUT2D eigenvalue weighted by molar-refractivity contribution is -0.132. The number of aliphatic hydroxyl groups is 1. The Hall–Kier alpha value is -3.80. The minimum Gasteiger partial charge on any atom is -0.507 e. The van der Waals surface area contributed by atoms with Gasteiger partial charge < -0.3 is 14.3 Å². The Bertz CT molecular complexity index is 1170. The largest absolute Gasteiger partial charge is 0.507 e. The van der Waals surface area contributed by atoms with Gasteiger partial charge in [-0.3, -0.25) is 14.5 Å². The topological polar surface area (TPSA) is 80.0 Å². The number of anilines is 1. The molecule has 6 heteroatoms. The summed E-state index contributed by atoms with van der Waals surface area (Å²) in [6.07, 6.45) is 0. The van der Waals surface area contributed by atoms with Gasteiger partial charge in [-0.25, -0.2) is 0 Å². The highest BCUT2D eigenvalue weighted by molar-refractivity contribution is 6.51. The number of hydrogen-bond acceptors (Lipinski definition) is 5. The molecule has 4 rings (SSSR count). The molecule has 3 aromatic rings. The van der Waals surface area contributed by atoms with Gasteiger partial charge in [0.1, 0.15) is 29.1 Å². The Morgan fingerprint density at radius 1 is 1.03 bits per heavy atom. The summed E-state index contributed by atoms with van der Waals surface area (Å²) in [6.45, 7) is 6.05. The smallest absolute Gasteiger partial charge is 0.300 e. The van der Waals surface area contributed by atoms with Crippen LogP contribution in [0.5, 0.6) is 5.75 Å². The van der Waals surface area contributed by atoms with E-state index in [1.165, 1.54) is 4.90 Å². The predicted molar refractivity (Wildman–Crippen MR) is 117 cm³/mol. The fourth-order valence-corrected chi connectivity index (χ4v) is 3.82. The van der Waals surface area contributed by atoms with Crippen LogP contribution >= 0.6 is 0 Å². The molecule has 158 valence electrons. The van der Waals surface area contributed by atoms with Crippen LogP contribution in [0.15, 0.2) is 70.7 Å². The van der Waals surface area contributed by atoms with Crippen molar-refractivity contribution in [2.45, 2.75) is 26.8 Å². The SMILES string of the molecule is CCOc1ccc(/C(O)=C2/C(=O)C(=O)N(c3ccccc3C)C2c2ccc(C)o2)cc1. The van der Waals surface area contributed by atoms with Crippen LogP contribution in [0.25, 0.3) is 5.76 Å². The van der Waals surface area contributed by atoms with E-state index >= 15 is 0 Å². The van der Waals surface area contributed by atoms with Gasteiger partial charge in [0.15, 0.2) is 0 Å². The average molecular weight is 417 g/mol. The first-order chi connectivity index (χ1) is 14.9. The maximum atomic E-state index is 13.1. The molecule has 0 bridgehead atoms. The van der Waals surface area contributed by atoms with Crippen molar-refractivity contribution < 1.29 is 23.8 Å². The molecule has 1 unspecified atom stereocenters. The van der Waals surface area contributed by atoms with Crippen molar-refractivity contribution in [3.05, 3.63) is 88.9 Å². The minimum atomic E-state index is -0.874. The number of ether oxygens (including phenoxy) is 1. The zero-order chi connectivity index (χ0) is 22.1. The van der Waals surface area contributed by atoms with Gasteiger partial charge in [-0.1, -0.05) is 18.2 Å². The Morgan fingerprint density at radius 3 is 2.35 bits per heavy atom. The van der Waals surface area contributed by atoms with Gasteiger partial charge >= 0.3 is 0 Å². The molecule has 1 amide bonds. The monoisotopic (exact) mass is 417 g/mol. The average Bonchev–Trinajstić information content (AvgIpc) is 3.30. The number of carbonyl (C=O) groups excluding carboxylic acids is 2. The summed E-state index contributed by atoms with van der Waals surface area (Å²) in [6, 6.07) is 16.7. The molecule has 2 heterocycles. The lowest BCUT2D eigenvalue weighted by atomic mass is 9.99. The standard InChI is InChI=1S/C25H23NO5/c1-4-30-18-12-10-17(11-13-18)23(27)21-22(20-14-9-16(3)31-20)26(25(29)24(21)28)19-8-6-5-7-15(19)2/h5-14,22,27H,4H2,1-3H3/b23-21-. The lowest BCUT2D eigenvalue weighted by Gasteiger charge is -2.25. The van der Waals surface area contributed by atoms with Crippen molar-refractivity contribution in [2.75, 3.05) is 11.5 Å². The van der Waals surface area contributed by atoms with Crippen LogP contribution in [-0.2, 0) is 9.59 Å². The van der Waals surface area contributed by atoms with Crippen LogP contribution < -0.4 is 9.64 Å². The number of aryl methyl sites for hydroxylation is 2. The normalized spacial score (nSPS) is 17.9. The molecule has 2 aromatic carbocycles. The summed E-state index contributed by atoms with van der Waals surface area (Å²) < 4.78 is 11.3. The Morgan fingerprint density at radius 2 is 1.74 bits per heavy atom. The molecule has 1 N–H and O–H groups in total. The van der Waals surface area contributed by atoms with Crippen molar-refractivity contribution in [3.8, 4) is 5.75 Å². The molecule has 1 aromatic heterocycles. The van der Waals surface area contributed by atoms with E-state index in [9.17, 15) is 14.7 Å².